The highest BCUT2D eigenvalue weighted by Gasteiger charge is 2.25. The Bertz CT molecular complexity index is 997. The predicted molar refractivity (Wildman–Crippen MR) is 118 cm³/mol. The number of para-hydroxylation sites is 1. The quantitative estimate of drug-likeness (QED) is 0.426. The molecule has 30 heavy (non-hydrogen) atoms. The van der Waals surface area contributed by atoms with E-state index in [-0.39, 0.29) is 18.3 Å². The molecule has 2 atom stereocenters. The number of aromatic nitrogens is 2. The van der Waals surface area contributed by atoms with E-state index in [1.54, 1.807) is 12.3 Å². The molecule has 0 fully saturated rings. The third-order valence-electron chi connectivity index (χ3n) is 4.92. The van der Waals surface area contributed by atoms with Gasteiger partial charge in [-0.25, -0.2) is 9.78 Å². The second kappa shape index (κ2) is 10.4. The van der Waals surface area contributed by atoms with E-state index in [4.69, 9.17) is 10.5 Å². The van der Waals surface area contributed by atoms with E-state index in [1.807, 2.05) is 30.5 Å². The lowest BCUT2D eigenvalue weighted by Crippen LogP contribution is -2.43. The zero-order chi connectivity index (χ0) is 21.5. The number of esters is 1. The smallest absolute Gasteiger partial charge is 0.328 e. The molecule has 0 aliphatic carbocycles. The average Bonchev–Trinajstić information content (AvgIpc) is 3.39. The van der Waals surface area contributed by atoms with E-state index in [0.29, 0.717) is 6.42 Å². The summed E-state index contributed by atoms with van der Waals surface area (Å²) < 4.78 is 5.19. The van der Waals surface area contributed by atoms with Crippen LogP contribution in [0.5, 0.6) is 0 Å². The molecule has 0 saturated heterocycles. The molecule has 4 N–H and O–H groups in total. The molecule has 0 spiro atoms. The van der Waals surface area contributed by atoms with Gasteiger partial charge >= 0.3 is 5.97 Å². The predicted octanol–water partition coefficient (Wildman–Crippen LogP) is 3.72. The van der Waals surface area contributed by atoms with Crippen molar-refractivity contribution >= 4 is 34.1 Å². The highest BCUT2D eigenvalue weighted by atomic mass is 32.1. The average molecular weight is 429 g/mol. The molecule has 0 aliphatic rings. The van der Waals surface area contributed by atoms with Gasteiger partial charge in [0.1, 0.15) is 16.7 Å². The molecule has 8 heteroatoms. The summed E-state index contributed by atoms with van der Waals surface area (Å²) in [5.41, 5.74) is 8.35. The second-order valence-electron chi connectivity index (χ2n) is 7.16. The van der Waals surface area contributed by atoms with Gasteiger partial charge in [-0.15, -0.1) is 11.3 Å². The van der Waals surface area contributed by atoms with E-state index < -0.39 is 17.9 Å². The van der Waals surface area contributed by atoms with Crippen LogP contribution in [0.15, 0.2) is 35.8 Å². The number of H-pyrrole nitrogens is 1. The molecule has 1 aromatic carbocycles. The summed E-state index contributed by atoms with van der Waals surface area (Å²) in [6.07, 6.45) is 5.08. The summed E-state index contributed by atoms with van der Waals surface area (Å²) in [5.74, 6) is -0.871. The van der Waals surface area contributed by atoms with Gasteiger partial charge in [-0.2, -0.15) is 0 Å². The Balaban J connectivity index is 1.74. The van der Waals surface area contributed by atoms with Crippen LogP contribution in [-0.2, 0) is 16.0 Å². The van der Waals surface area contributed by atoms with Gasteiger partial charge in [-0.1, -0.05) is 38.0 Å². The maximum absolute atomic E-state index is 12.8. The van der Waals surface area contributed by atoms with Gasteiger partial charge in [-0.05, 0) is 25.0 Å². The normalized spacial score (nSPS) is 13.2. The van der Waals surface area contributed by atoms with Crippen molar-refractivity contribution in [2.24, 2.45) is 5.73 Å². The van der Waals surface area contributed by atoms with Crippen molar-refractivity contribution in [3.8, 4) is 0 Å². The molecule has 3 aromatic rings. The van der Waals surface area contributed by atoms with Crippen LogP contribution >= 0.6 is 11.3 Å². The molecular weight excluding hydrogens is 400 g/mol. The number of hydrogen-bond acceptors (Lipinski definition) is 6. The SMILES string of the molecule is CCCCC(N)c1nc(C(=O)NC(Cc2c[nH]c3ccccc23)C(=O)OCC)cs1. The first-order valence-electron chi connectivity index (χ1n) is 10.3. The van der Waals surface area contributed by atoms with Crippen LogP contribution in [0, 0.1) is 0 Å². The van der Waals surface area contributed by atoms with E-state index in [1.165, 1.54) is 11.3 Å². The van der Waals surface area contributed by atoms with Crippen molar-refractivity contribution in [2.75, 3.05) is 6.61 Å². The molecule has 1 amide bonds. The number of carbonyl (C=O) groups is 2. The minimum atomic E-state index is -0.810. The summed E-state index contributed by atoms with van der Waals surface area (Å²) in [6.45, 7) is 4.09. The van der Waals surface area contributed by atoms with Crippen LogP contribution in [0.2, 0.25) is 0 Å². The van der Waals surface area contributed by atoms with Gasteiger partial charge < -0.3 is 20.8 Å². The van der Waals surface area contributed by atoms with E-state index >= 15 is 0 Å². The molecule has 0 radical (unpaired) electrons. The lowest BCUT2D eigenvalue weighted by Gasteiger charge is -2.16. The van der Waals surface area contributed by atoms with Crippen molar-refractivity contribution < 1.29 is 14.3 Å². The molecule has 0 saturated carbocycles. The van der Waals surface area contributed by atoms with Gasteiger partial charge in [-0.3, -0.25) is 4.79 Å². The van der Waals surface area contributed by atoms with Crippen LogP contribution in [0.3, 0.4) is 0 Å². The zero-order valence-corrected chi connectivity index (χ0v) is 18.1. The van der Waals surface area contributed by atoms with Crippen LogP contribution in [-0.4, -0.2) is 34.5 Å². The number of nitrogens with one attached hydrogen (secondary N) is 2. The third-order valence-corrected chi connectivity index (χ3v) is 5.89. The minimum absolute atomic E-state index is 0.177. The number of rotatable bonds is 10. The lowest BCUT2D eigenvalue weighted by molar-refractivity contribution is -0.145. The highest BCUT2D eigenvalue weighted by molar-refractivity contribution is 7.09. The van der Waals surface area contributed by atoms with Gasteiger partial charge in [0.2, 0.25) is 0 Å². The van der Waals surface area contributed by atoms with Crippen LogP contribution < -0.4 is 11.1 Å². The maximum atomic E-state index is 12.8. The molecule has 2 unspecified atom stereocenters. The topological polar surface area (TPSA) is 110 Å². The lowest BCUT2D eigenvalue weighted by atomic mass is 10.0. The molecule has 0 aliphatic heterocycles. The number of ether oxygens (including phenoxy) is 1. The molecule has 2 aromatic heterocycles. The maximum Gasteiger partial charge on any atom is 0.328 e. The third kappa shape index (κ3) is 5.25. The first-order valence-corrected chi connectivity index (χ1v) is 11.1. The number of benzene rings is 1. The Kier molecular flexibility index (Phi) is 7.59. The number of thiazole rings is 1. The van der Waals surface area contributed by atoms with Crippen molar-refractivity contribution in [1.82, 2.24) is 15.3 Å². The van der Waals surface area contributed by atoms with Crippen molar-refractivity contribution in [3.05, 3.63) is 52.1 Å². The van der Waals surface area contributed by atoms with E-state index in [9.17, 15) is 9.59 Å². The first kappa shape index (κ1) is 22.0. The molecule has 7 nitrogen and oxygen atoms in total. The zero-order valence-electron chi connectivity index (χ0n) is 17.3. The van der Waals surface area contributed by atoms with Crippen LogP contribution in [0.1, 0.15) is 60.2 Å². The van der Waals surface area contributed by atoms with Crippen LogP contribution in [0.4, 0.5) is 0 Å². The Morgan fingerprint density at radius 3 is 2.87 bits per heavy atom. The Hall–Kier alpha value is -2.71. The summed E-state index contributed by atoms with van der Waals surface area (Å²) in [7, 11) is 0. The number of fused-ring (bicyclic) bond motifs is 1. The van der Waals surface area contributed by atoms with Gasteiger partial charge in [0.25, 0.3) is 5.91 Å². The molecule has 0 bridgehead atoms. The number of aromatic amines is 1. The molecule has 2 heterocycles. The highest BCUT2D eigenvalue weighted by Crippen LogP contribution is 2.22. The molecule has 160 valence electrons. The number of unbranched alkanes of at least 4 members (excludes halogenated alkanes) is 1. The van der Waals surface area contributed by atoms with Gasteiger partial charge in [0.15, 0.2) is 0 Å². The fourth-order valence-electron chi connectivity index (χ4n) is 3.30. The second-order valence-corrected chi connectivity index (χ2v) is 8.05. The fraction of sp³-hybridized carbons (Fsp3) is 0.409. The van der Waals surface area contributed by atoms with Crippen molar-refractivity contribution in [1.29, 1.82) is 0 Å². The van der Waals surface area contributed by atoms with Gasteiger partial charge in [0, 0.05) is 28.9 Å². The Morgan fingerprint density at radius 2 is 2.10 bits per heavy atom. The van der Waals surface area contributed by atoms with Crippen molar-refractivity contribution in [3.63, 3.8) is 0 Å². The Labute approximate surface area is 180 Å². The van der Waals surface area contributed by atoms with Gasteiger partial charge in [0.05, 0.1) is 12.6 Å². The number of nitrogens with two attached hydrogens (primary N) is 1. The number of nitrogens with zero attached hydrogens (tertiary/aromatic N) is 1. The first-order chi connectivity index (χ1) is 14.5. The number of hydrogen-bond donors (Lipinski definition) is 3. The molecular formula is C22H28N4O3S. The summed E-state index contributed by atoms with van der Waals surface area (Å²) >= 11 is 1.37. The van der Waals surface area contributed by atoms with E-state index in [0.717, 1.165) is 40.7 Å². The summed E-state index contributed by atoms with van der Waals surface area (Å²) in [6, 6.07) is 6.85. The summed E-state index contributed by atoms with van der Waals surface area (Å²) in [4.78, 5) is 32.9. The van der Waals surface area contributed by atoms with Crippen LogP contribution in [0.25, 0.3) is 10.9 Å². The van der Waals surface area contributed by atoms with Crippen molar-refractivity contribution in [2.45, 2.75) is 51.6 Å². The summed E-state index contributed by atoms with van der Waals surface area (Å²) in [5, 5.41) is 6.22. The monoisotopic (exact) mass is 428 g/mol. The largest absolute Gasteiger partial charge is 0.464 e. The Morgan fingerprint density at radius 1 is 1.30 bits per heavy atom. The fourth-order valence-corrected chi connectivity index (χ4v) is 4.13. The van der Waals surface area contributed by atoms with E-state index in [2.05, 4.69) is 22.2 Å². The number of carbonyl (C=O) groups excluding carboxylic acids is 2. The number of amides is 1. The minimum Gasteiger partial charge on any atom is -0.464 e. The standard InChI is InChI=1S/C22H28N4O3S/c1-3-5-9-16(23)21-26-19(13-30-21)20(27)25-18(22(28)29-4-2)11-14-12-24-17-10-7-6-8-15(14)17/h6-8,10,12-13,16,18,24H,3-5,9,11,23H2,1-2H3,(H,25,27). The molecule has 3 rings (SSSR count).